The molecule has 2 aromatic rings. The Morgan fingerprint density at radius 2 is 2.15 bits per heavy atom. The summed E-state index contributed by atoms with van der Waals surface area (Å²) >= 11 is 3.93. The number of hydrogen-bond acceptors (Lipinski definition) is 4. The Morgan fingerprint density at radius 3 is 2.75 bits per heavy atom. The fraction of sp³-hybridized carbons (Fsp3) is 0.0833. The zero-order valence-corrected chi connectivity index (χ0v) is 12.5. The van der Waals surface area contributed by atoms with Crippen LogP contribution in [0.25, 0.3) is 0 Å². The van der Waals surface area contributed by atoms with Crippen molar-refractivity contribution >= 4 is 44.3 Å². The number of carboxylic acid groups (broad SMARTS) is 1. The van der Waals surface area contributed by atoms with Crippen molar-refractivity contribution in [3.63, 3.8) is 0 Å². The second-order valence-electron chi connectivity index (χ2n) is 3.86. The van der Waals surface area contributed by atoms with E-state index in [1.165, 1.54) is 19.1 Å². The summed E-state index contributed by atoms with van der Waals surface area (Å²) in [6.07, 6.45) is 0. The highest BCUT2D eigenvalue weighted by Crippen LogP contribution is 2.25. The number of hydrogen-bond donors (Lipinski definition) is 2. The summed E-state index contributed by atoms with van der Waals surface area (Å²) in [6.45, 7) is 1.52. The number of carbonyl (C=O) groups excluding carboxylic acids is 1. The number of carbonyl (C=O) groups is 2. The molecule has 5 nitrogen and oxygen atoms in total. The lowest BCUT2D eigenvalue weighted by Crippen LogP contribution is -2.15. The van der Waals surface area contributed by atoms with Crippen LogP contribution in [0.3, 0.4) is 0 Å². The summed E-state index contributed by atoms with van der Waals surface area (Å²) in [5.74, 6) is -2.61. The van der Waals surface area contributed by atoms with E-state index in [1.807, 2.05) is 0 Å². The molecule has 104 valence electrons. The van der Waals surface area contributed by atoms with Gasteiger partial charge in [-0.05, 0) is 36.7 Å². The maximum atomic E-state index is 13.6. The number of aromatic carboxylic acids is 1. The molecular formula is C12H8BrFN2O3S. The van der Waals surface area contributed by atoms with Crippen LogP contribution in [0.1, 0.15) is 26.4 Å². The molecule has 1 heterocycles. The smallest absolute Gasteiger partial charge is 0.340 e. The maximum absolute atomic E-state index is 13.6. The molecule has 0 aliphatic rings. The van der Waals surface area contributed by atoms with Crippen LogP contribution in [0.2, 0.25) is 0 Å². The van der Waals surface area contributed by atoms with E-state index >= 15 is 0 Å². The number of anilines is 1. The predicted octanol–water partition coefficient (Wildman–Crippen LogP) is 3.30. The van der Waals surface area contributed by atoms with Crippen molar-refractivity contribution in [2.45, 2.75) is 6.92 Å². The van der Waals surface area contributed by atoms with E-state index in [4.69, 9.17) is 5.11 Å². The molecule has 0 atom stereocenters. The molecule has 1 amide bonds. The number of amides is 1. The Bertz CT molecular complexity index is 702. The number of rotatable bonds is 3. The molecule has 0 fully saturated rings. The highest BCUT2D eigenvalue weighted by Gasteiger charge is 2.21. The fourth-order valence-corrected chi connectivity index (χ4v) is 2.67. The quantitative estimate of drug-likeness (QED) is 0.881. The van der Waals surface area contributed by atoms with E-state index in [0.29, 0.717) is 10.2 Å². The molecule has 0 bridgehead atoms. The maximum Gasteiger partial charge on any atom is 0.340 e. The van der Waals surface area contributed by atoms with Gasteiger partial charge < -0.3 is 10.4 Å². The third kappa shape index (κ3) is 2.86. The van der Waals surface area contributed by atoms with Crippen LogP contribution in [-0.4, -0.2) is 21.4 Å². The van der Waals surface area contributed by atoms with Gasteiger partial charge in [0.15, 0.2) is 0 Å². The van der Waals surface area contributed by atoms with Gasteiger partial charge in [-0.15, -0.1) is 0 Å². The van der Waals surface area contributed by atoms with Crippen molar-refractivity contribution in [2.75, 3.05) is 5.32 Å². The van der Waals surface area contributed by atoms with Crippen LogP contribution < -0.4 is 5.32 Å². The number of nitrogens with zero attached hydrogens (tertiary/aromatic N) is 1. The van der Waals surface area contributed by atoms with Crippen LogP contribution in [0.15, 0.2) is 22.7 Å². The van der Waals surface area contributed by atoms with Gasteiger partial charge in [0.2, 0.25) is 0 Å². The summed E-state index contributed by atoms with van der Waals surface area (Å²) in [4.78, 5) is 23.0. The number of aryl methyl sites for hydroxylation is 1. The van der Waals surface area contributed by atoms with E-state index in [-0.39, 0.29) is 16.1 Å². The SMILES string of the molecule is Cc1nsc(NC(=O)c2ccc(Br)cc2F)c1C(=O)O. The van der Waals surface area contributed by atoms with Gasteiger partial charge in [0.1, 0.15) is 16.4 Å². The van der Waals surface area contributed by atoms with Crippen molar-refractivity contribution in [3.05, 3.63) is 45.3 Å². The highest BCUT2D eigenvalue weighted by atomic mass is 79.9. The normalized spacial score (nSPS) is 10.3. The summed E-state index contributed by atoms with van der Waals surface area (Å²) in [5, 5.41) is 11.5. The second kappa shape index (κ2) is 5.68. The lowest BCUT2D eigenvalue weighted by molar-refractivity contribution is 0.0697. The Morgan fingerprint density at radius 1 is 1.45 bits per heavy atom. The second-order valence-corrected chi connectivity index (χ2v) is 5.54. The third-order valence-corrected chi connectivity index (χ3v) is 3.83. The van der Waals surface area contributed by atoms with Crippen LogP contribution >= 0.6 is 27.5 Å². The molecule has 20 heavy (non-hydrogen) atoms. The van der Waals surface area contributed by atoms with Crippen LogP contribution in [0, 0.1) is 12.7 Å². The van der Waals surface area contributed by atoms with E-state index in [2.05, 4.69) is 25.6 Å². The van der Waals surface area contributed by atoms with Crippen molar-refractivity contribution in [1.29, 1.82) is 0 Å². The predicted molar refractivity (Wildman–Crippen MR) is 75.9 cm³/mol. The molecule has 2 rings (SSSR count). The van der Waals surface area contributed by atoms with Gasteiger partial charge >= 0.3 is 5.97 Å². The number of halogens is 2. The summed E-state index contributed by atoms with van der Waals surface area (Å²) in [6, 6.07) is 3.99. The Kier molecular flexibility index (Phi) is 4.15. The number of aromatic nitrogens is 1. The minimum Gasteiger partial charge on any atom is -0.478 e. The zero-order chi connectivity index (χ0) is 14.9. The topological polar surface area (TPSA) is 79.3 Å². The first-order valence-corrected chi connectivity index (χ1v) is 6.92. The molecule has 1 aromatic carbocycles. The monoisotopic (exact) mass is 358 g/mol. The largest absolute Gasteiger partial charge is 0.478 e. The fourth-order valence-electron chi connectivity index (χ4n) is 1.55. The number of benzene rings is 1. The number of nitrogens with one attached hydrogen (secondary N) is 1. The van der Waals surface area contributed by atoms with E-state index in [1.54, 1.807) is 0 Å². The van der Waals surface area contributed by atoms with Crippen LogP contribution in [0.5, 0.6) is 0 Å². The van der Waals surface area contributed by atoms with Gasteiger partial charge in [-0.3, -0.25) is 4.79 Å². The van der Waals surface area contributed by atoms with Gasteiger partial charge in [-0.1, -0.05) is 15.9 Å². The van der Waals surface area contributed by atoms with E-state index < -0.39 is 17.7 Å². The molecular weight excluding hydrogens is 351 g/mol. The Labute approximate surface area is 125 Å². The lowest BCUT2D eigenvalue weighted by Gasteiger charge is -2.05. The Hall–Kier alpha value is -1.80. The van der Waals surface area contributed by atoms with Crippen molar-refractivity contribution in [2.24, 2.45) is 0 Å². The van der Waals surface area contributed by atoms with E-state index in [9.17, 15) is 14.0 Å². The Balaban J connectivity index is 2.31. The standard InChI is InChI=1S/C12H8BrFN2O3S/c1-5-9(12(18)19)11(20-16-5)15-10(17)7-3-2-6(13)4-8(7)14/h2-4H,1H3,(H,15,17)(H,18,19). The van der Waals surface area contributed by atoms with Gasteiger partial charge in [0.25, 0.3) is 5.91 Å². The van der Waals surface area contributed by atoms with Crippen molar-refractivity contribution in [3.8, 4) is 0 Å². The van der Waals surface area contributed by atoms with E-state index in [0.717, 1.165) is 17.6 Å². The summed E-state index contributed by atoms with van der Waals surface area (Å²) < 4.78 is 18.0. The van der Waals surface area contributed by atoms with Crippen molar-refractivity contribution < 1.29 is 19.1 Å². The van der Waals surface area contributed by atoms with Gasteiger partial charge in [0.05, 0.1) is 11.3 Å². The average molecular weight is 359 g/mol. The molecule has 0 aliphatic carbocycles. The first-order valence-electron chi connectivity index (χ1n) is 5.36. The molecule has 8 heteroatoms. The van der Waals surface area contributed by atoms with Crippen LogP contribution in [0.4, 0.5) is 9.39 Å². The first kappa shape index (κ1) is 14.6. The minimum atomic E-state index is -1.19. The number of carboxylic acids is 1. The molecule has 2 N–H and O–H groups in total. The summed E-state index contributed by atoms with van der Waals surface area (Å²) in [7, 11) is 0. The highest BCUT2D eigenvalue weighted by molar-refractivity contribution is 9.10. The minimum absolute atomic E-state index is 0.0825. The molecule has 1 aromatic heterocycles. The molecule has 0 saturated carbocycles. The molecule has 0 aliphatic heterocycles. The molecule has 0 saturated heterocycles. The summed E-state index contributed by atoms with van der Waals surface area (Å²) in [5.41, 5.74) is 0.0468. The molecule has 0 spiro atoms. The molecule has 0 radical (unpaired) electrons. The van der Waals surface area contributed by atoms with Gasteiger partial charge in [0, 0.05) is 4.47 Å². The molecule has 0 unspecified atom stereocenters. The van der Waals surface area contributed by atoms with Gasteiger partial charge in [-0.25, -0.2) is 9.18 Å². The average Bonchev–Trinajstić information content (AvgIpc) is 2.70. The first-order chi connectivity index (χ1) is 9.40. The third-order valence-electron chi connectivity index (χ3n) is 2.48. The lowest BCUT2D eigenvalue weighted by atomic mass is 10.2. The zero-order valence-electron chi connectivity index (χ0n) is 10.1. The van der Waals surface area contributed by atoms with Gasteiger partial charge in [-0.2, -0.15) is 4.37 Å². The van der Waals surface area contributed by atoms with Crippen molar-refractivity contribution in [1.82, 2.24) is 4.37 Å². The van der Waals surface area contributed by atoms with Crippen LogP contribution in [-0.2, 0) is 0 Å².